The lowest BCUT2D eigenvalue weighted by atomic mass is 10.2. The van der Waals surface area contributed by atoms with Crippen LogP contribution in [0.25, 0.3) is 0 Å². The molecule has 1 heterocycles. The number of phenolic OH excluding ortho intramolecular Hbond substituents is 1. The van der Waals surface area contributed by atoms with E-state index in [0.717, 1.165) is 16.8 Å². The molecule has 0 bridgehead atoms. The van der Waals surface area contributed by atoms with Gasteiger partial charge in [0.15, 0.2) is 0 Å². The molecule has 0 radical (unpaired) electrons. The van der Waals surface area contributed by atoms with Gasteiger partial charge in [0.25, 0.3) is 0 Å². The first-order chi connectivity index (χ1) is 10.3. The maximum Gasteiger partial charge on any atom is 0.137 e. The summed E-state index contributed by atoms with van der Waals surface area (Å²) in [6.45, 7) is 1.36. The van der Waals surface area contributed by atoms with Gasteiger partial charge in [-0.25, -0.2) is 9.67 Å². The van der Waals surface area contributed by atoms with Crippen molar-refractivity contribution in [2.45, 2.75) is 13.1 Å². The van der Waals surface area contributed by atoms with E-state index in [4.69, 9.17) is 0 Å². The van der Waals surface area contributed by atoms with Crippen LogP contribution in [0.1, 0.15) is 11.1 Å². The molecule has 0 aliphatic heterocycles. The third kappa shape index (κ3) is 3.60. The molecule has 2 N–H and O–H groups in total. The van der Waals surface area contributed by atoms with Crippen LogP contribution in [0, 0.1) is 0 Å². The highest BCUT2D eigenvalue weighted by molar-refractivity contribution is 5.46. The number of phenols is 1. The fourth-order valence-electron chi connectivity index (χ4n) is 2.15. The Balaban J connectivity index is 1.66. The minimum atomic E-state index is 0.286. The Morgan fingerprint density at radius 3 is 2.71 bits per heavy atom. The summed E-state index contributed by atoms with van der Waals surface area (Å²) in [7, 11) is 0. The number of nitrogens with one attached hydrogen (secondary N) is 1. The van der Waals surface area contributed by atoms with Crippen LogP contribution in [0.3, 0.4) is 0 Å². The Hall–Kier alpha value is -2.82. The Labute approximate surface area is 122 Å². The zero-order valence-corrected chi connectivity index (χ0v) is 11.5. The van der Waals surface area contributed by atoms with Crippen molar-refractivity contribution in [2.75, 3.05) is 5.32 Å². The van der Waals surface area contributed by atoms with E-state index >= 15 is 0 Å². The summed E-state index contributed by atoms with van der Waals surface area (Å²) in [5.74, 6) is 0.286. The van der Waals surface area contributed by atoms with Crippen LogP contribution in [0.4, 0.5) is 5.69 Å². The fourth-order valence-corrected chi connectivity index (χ4v) is 2.15. The summed E-state index contributed by atoms with van der Waals surface area (Å²) >= 11 is 0. The summed E-state index contributed by atoms with van der Waals surface area (Å²) in [6.07, 6.45) is 3.23. The van der Waals surface area contributed by atoms with Crippen LogP contribution in [0.5, 0.6) is 5.75 Å². The predicted octanol–water partition coefficient (Wildman–Crippen LogP) is 2.64. The molecule has 21 heavy (non-hydrogen) atoms. The number of aromatic nitrogens is 3. The quantitative estimate of drug-likeness (QED) is 0.754. The van der Waals surface area contributed by atoms with Crippen molar-refractivity contribution in [3.63, 3.8) is 0 Å². The number of anilines is 1. The van der Waals surface area contributed by atoms with Gasteiger partial charge in [-0.15, -0.1) is 0 Å². The minimum Gasteiger partial charge on any atom is -0.508 e. The van der Waals surface area contributed by atoms with Gasteiger partial charge in [0.1, 0.15) is 18.4 Å². The van der Waals surface area contributed by atoms with Crippen molar-refractivity contribution in [1.29, 1.82) is 0 Å². The molecule has 0 amide bonds. The molecule has 0 atom stereocenters. The van der Waals surface area contributed by atoms with Gasteiger partial charge in [-0.2, -0.15) is 5.10 Å². The Morgan fingerprint density at radius 2 is 1.90 bits per heavy atom. The summed E-state index contributed by atoms with van der Waals surface area (Å²) in [5.41, 5.74) is 3.23. The summed E-state index contributed by atoms with van der Waals surface area (Å²) in [6, 6.07) is 15.4. The van der Waals surface area contributed by atoms with Gasteiger partial charge in [-0.3, -0.25) is 0 Å². The van der Waals surface area contributed by atoms with Crippen LogP contribution in [0.2, 0.25) is 0 Å². The second-order valence-electron chi connectivity index (χ2n) is 4.82. The Kier molecular flexibility index (Phi) is 3.82. The van der Waals surface area contributed by atoms with Crippen LogP contribution >= 0.6 is 0 Å². The van der Waals surface area contributed by atoms with Crippen molar-refractivity contribution in [3.05, 3.63) is 72.3 Å². The molecule has 106 valence electrons. The Morgan fingerprint density at radius 1 is 1.05 bits per heavy atom. The average Bonchev–Trinajstić information content (AvgIpc) is 2.99. The monoisotopic (exact) mass is 280 g/mol. The zero-order valence-electron chi connectivity index (χ0n) is 11.5. The second kappa shape index (κ2) is 6.09. The van der Waals surface area contributed by atoms with Crippen LogP contribution in [0.15, 0.2) is 61.2 Å². The molecular formula is C16H16N4O. The molecule has 0 spiro atoms. The lowest BCUT2D eigenvalue weighted by Crippen LogP contribution is -2.02. The molecule has 0 unspecified atom stereocenters. The van der Waals surface area contributed by atoms with E-state index in [1.807, 2.05) is 24.3 Å². The third-order valence-electron chi connectivity index (χ3n) is 3.15. The molecule has 0 saturated heterocycles. The number of hydrogen-bond donors (Lipinski definition) is 2. The average molecular weight is 280 g/mol. The molecule has 0 fully saturated rings. The molecule has 3 rings (SSSR count). The van der Waals surface area contributed by atoms with Gasteiger partial charge in [0, 0.05) is 12.2 Å². The van der Waals surface area contributed by atoms with Crippen LogP contribution in [-0.2, 0) is 13.1 Å². The molecule has 1 aromatic heterocycles. The van der Waals surface area contributed by atoms with Crippen molar-refractivity contribution in [1.82, 2.24) is 14.8 Å². The number of aromatic hydroxyl groups is 1. The molecule has 5 heteroatoms. The first-order valence-electron chi connectivity index (χ1n) is 6.73. The molecule has 5 nitrogen and oxygen atoms in total. The first-order valence-corrected chi connectivity index (χ1v) is 6.73. The van der Waals surface area contributed by atoms with Gasteiger partial charge in [-0.05, 0) is 35.4 Å². The van der Waals surface area contributed by atoms with E-state index in [1.54, 1.807) is 23.1 Å². The lowest BCUT2D eigenvalue weighted by molar-refractivity contribution is 0.474. The zero-order chi connectivity index (χ0) is 14.5. The maximum atomic E-state index is 9.45. The number of hydrogen-bond acceptors (Lipinski definition) is 4. The highest BCUT2D eigenvalue weighted by Crippen LogP contribution is 2.15. The van der Waals surface area contributed by atoms with Gasteiger partial charge < -0.3 is 10.4 Å². The van der Waals surface area contributed by atoms with Gasteiger partial charge in [-0.1, -0.05) is 24.3 Å². The predicted molar refractivity (Wildman–Crippen MR) is 81.0 cm³/mol. The van der Waals surface area contributed by atoms with Crippen molar-refractivity contribution < 1.29 is 5.11 Å². The van der Waals surface area contributed by atoms with Crippen molar-refractivity contribution in [3.8, 4) is 5.75 Å². The van der Waals surface area contributed by atoms with Crippen molar-refractivity contribution in [2.24, 2.45) is 0 Å². The molecule has 2 aromatic carbocycles. The standard InChI is InChI=1S/C16H16N4O/c21-16-6-2-3-13(8-16)9-18-15-5-1-4-14(7-15)10-20-12-17-11-19-20/h1-8,11-12,18,21H,9-10H2. The first kappa shape index (κ1) is 13.2. The highest BCUT2D eigenvalue weighted by Gasteiger charge is 1.99. The number of nitrogens with zero attached hydrogens (tertiary/aromatic N) is 3. The molecule has 0 aliphatic carbocycles. The Bertz CT molecular complexity index is 710. The minimum absolute atomic E-state index is 0.286. The normalized spacial score (nSPS) is 10.5. The van der Waals surface area contributed by atoms with E-state index in [2.05, 4.69) is 27.5 Å². The van der Waals surface area contributed by atoms with E-state index in [-0.39, 0.29) is 5.75 Å². The molecule has 0 saturated carbocycles. The fraction of sp³-hybridized carbons (Fsp3) is 0.125. The summed E-state index contributed by atoms with van der Waals surface area (Å²) in [4.78, 5) is 3.94. The van der Waals surface area contributed by atoms with Gasteiger partial charge in [0.2, 0.25) is 0 Å². The van der Waals surface area contributed by atoms with E-state index in [9.17, 15) is 5.11 Å². The molecular weight excluding hydrogens is 264 g/mol. The maximum absolute atomic E-state index is 9.45. The topological polar surface area (TPSA) is 63.0 Å². The van der Waals surface area contributed by atoms with Crippen molar-refractivity contribution >= 4 is 5.69 Å². The third-order valence-corrected chi connectivity index (χ3v) is 3.15. The van der Waals surface area contributed by atoms with Crippen LogP contribution < -0.4 is 5.32 Å². The molecule has 3 aromatic rings. The highest BCUT2D eigenvalue weighted by atomic mass is 16.3. The molecule has 0 aliphatic rings. The van der Waals surface area contributed by atoms with E-state index < -0.39 is 0 Å². The number of benzene rings is 2. The second-order valence-corrected chi connectivity index (χ2v) is 4.82. The summed E-state index contributed by atoms with van der Waals surface area (Å²) < 4.78 is 1.79. The lowest BCUT2D eigenvalue weighted by Gasteiger charge is -2.09. The van der Waals surface area contributed by atoms with Crippen LogP contribution in [-0.4, -0.2) is 19.9 Å². The smallest absolute Gasteiger partial charge is 0.137 e. The van der Waals surface area contributed by atoms with E-state index in [1.165, 1.54) is 6.33 Å². The SMILES string of the molecule is Oc1cccc(CNc2cccc(Cn3cncn3)c2)c1. The van der Waals surface area contributed by atoms with Gasteiger partial charge >= 0.3 is 0 Å². The summed E-state index contributed by atoms with van der Waals surface area (Å²) in [5, 5.41) is 16.9. The van der Waals surface area contributed by atoms with E-state index in [0.29, 0.717) is 13.1 Å². The number of rotatable bonds is 5. The van der Waals surface area contributed by atoms with Gasteiger partial charge in [0.05, 0.1) is 6.54 Å². The largest absolute Gasteiger partial charge is 0.508 e.